The van der Waals surface area contributed by atoms with Crippen LogP contribution in [0.15, 0.2) is 22.7 Å². The Bertz CT molecular complexity index is 397. The molecular weight excluding hydrogens is 324 g/mol. The highest BCUT2D eigenvalue weighted by atomic mass is 79.9. The highest BCUT2D eigenvalue weighted by molar-refractivity contribution is 9.10. The van der Waals surface area contributed by atoms with Gasteiger partial charge >= 0.3 is 0 Å². The Morgan fingerprint density at radius 1 is 1.37 bits per heavy atom. The van der Waals surface area contributed by atoms with Gasteiger partial charge in [-0.25, -0.2) is 0 Å². The number of halogens is 1. The Morgan fingerprint density at radius 3 is 2.89 bits per heavy atom. The lowest BCUT2D eigenvalue weighted by Crippen LogP contribution is -2.37. The van der Waals surface area contributed by atoms with Gasteiger partial charge < -0.3 is 15.0 Å². The fourth-order valence-corrected chi connectivity index (χ4v) is 3.46. The monoisotopic (exact) mass is 344 g/mol. The van der Waals surface area contributed by atoms with Crippen molar-refractivity contribution in [3.05, 3.63) is 28.2 Å². The van der Waals surface area contributed by atoms with E-state index in [0.717, 1.165) is 29.9 Å². The Kier molecular flexibility index (Phi) is 6.50. The molecule has 0 radical (unpaired) electrons. The molecule has 106 valence electrons. The maximum absolute atomic E-state index is 5.25. The van der Waals surface area contributed by atoms with E-state index in [1.165, 1.54) is 30.2 Å². The van der Waals surface area contributed by atoms with Crippen LogP contribution in [0, 0.1) is 0 Å². The van der Waals surface area contributed by atoms with Crippen LogP contribution in [-0.4, -0.2) is 49.7 Å². The highest BCUT2D eigenvalue weighted by Gasteiger charge is 2.09. The lowest BCUT2D eigenvalue weighted by molar-refractivity contribution is 0.301. The summed E-state index contributed by atoms with van der Waals surface area (Å²) in [6, 6.07) is 6.09. The average Bonchev–Trinajstić information content (AvgIpc) is 2.46. The number of rotatable bonds is 6. The van der Waals surface area contributed by atoms with Crippen LogP contribution in [0.4, 0.5) is 0 Å². The molecule has 3 nitrogen and oxygen atoms in total. The second kappa shape index (κ2) is 8.15. The number of hydrogen-bond donors (Lipinski definition) is 1. The fraction of sp³-hybridized carbons (Fsp3) is 0.571. The molecule has 0 atom stereocenters. The van der Waals surface area contributed by atoms with Crippen molar-refractivity contribution >= 4 is 27.7 Å². The summed E-state index contributed by atoms with van der Waals surface area (Å²) in [5.74, 6) is 3.47. The topological polar surface area (TPSA) is 24.5 Å². The van der Waals surface area contributed by atoms with Crippen LogP contribution >= 0.6 is 27.7 Å². The number of hydrogen-bond acceptors (Lipinski definition) is 4. The predicted octanol–water partition coefficient (Wildman–Crippen LogP) is 2.60. The van der Waals surface area contributed by atoms with Gasteiger partial charge in [0.15, 0.2) is 0 Å². The Morgan fingerprint density at radius 2 is 2.16 bits per heavy atom. The van der Waals surface area contributed by atoms with Crippen molar-refractivity contribution in [1.29, 1.82) is 0 Å². The molecule has 1 heterocycles. The molecule has 0 spiro atoms. The van der Waals surface area contributed by atoms with E-state index in [-0.39, 0.29) is 0 Å². The van der Waals surface area contributed by atoms with E-state index in [1.807, 2.05) is 12.1 Å². The van der Waals surface area contributed by atoms with Crippen molar-refractivity contribution in [1.82, 2.24) is 10.2 Å². The molecular formula is C14H21BrN2OS. The number of methoxy groups -OCH3 is 1. The summed E-state index contributed by atoms with van der Waals surface area (Å²) in [5.41, 5.74) is 1.24. The molecule has 1 fully saturated rings. The SMILES string of the molecule is COc1ccc(Br)c(CNCCN2CCSCC2)c1. The first-order chi connectivity index (χ1) is 9.29. The average molecular weight is 345 g/mol. The molecule has 1 saturated heterocycles. The molecule has 0 bridgehead atoms. The van der Waals surface area contributed by atoms with Crippen molar-refractivity contribution in [3.63, 3.8) is 0 Å². The number of benzene rings is 1. The van der Waals surface area contributed by atoms with Crippen LogP contribution in [0.25, 0.3) is 0 Å². The molecule has 1 aliphatic heterocycles. The van der Waals surface area contributed by atoms with Crippen LogP contribution in [0.5, 0.6) is 5.75 Å². The Balaban J connectivity index is 1.72. The number of nitrogens with zero attached hydrogens (tertiary/aromatic N) is 1. The van der Waals surface area contributed by atoms with E-state index < -0.39 is 0 Å². The zero-order valence-corrected chi connectivity index (χ0v) is 13.7. The Hall–Kier alpha value is -0.230. The molecule has 2 rings (SSSR count). The minimum absolute atomic E-state index is 0.875. The van der Waals surface area contributed by atoms with Gasteiger partial charge in [0.05, 0.1) is 7.11 Å². The van der Waals surface area contributed by atoms with Crippen molar-refractivity contribution in [2.24, 2.45) is 0 Å². The molecule has 0 aliphatic carbocycles. The van der Waals surface area contributed by atoms with Gasteiger partial charge in [0.1, 0.15) is 5.75 Å². The zero-order valence-electron chi connectivity index (χ0n) is 11.3. The van der Waals surface area contributed by atoms with Crippen molar-refractivity contribution in [3.8, 4) is 5.75 Å². The van der Waals surface area contributed by atoms with Crippen LogP contribution in [0.2, 0.25) is 0 Å². The quantitative estimate of drug-likeness (QED) is 0.801. The minimum Gasteiger partial charge on any atom is -0.497 e. The normalized spacial score (nSPS) is 16.5. The lowest BCUT2D eigenvalue weighted by atomic mass is 10.2. The summed E-state index contributed by atoms with van der Waals surface area (Å²) < 4.78 is 6.39. The number of thioether (sulfide) groups is 1. The second-order valence-corrected chi connectivity index (χ2v) is 6.67. The highest BCUT2D eigenvalue weighted by Crippen LogP contribution is 2.22. The number of nitrogens with one attached hydrogen (secondary N) is 1. The molecule has 1 aromatic carbocycles. The minimum atomic E-state index is 0.875. The van der Waals surface area contributed by atoms with E-state index in [4.69, 9.17) is 4.74 Å². The van der Waals surface area contributed by atoms with Crippen molar-refractivity contribution in [2.45, 2.75) is 6.54 Å². The van der Waals surface area contributed by atoms with Gasteiger partial charge in [-0.3, -0.25) is 0 Å². The third-order valence-electron chi connectivity index (χ3n) is 3.28. The summed E-state index contributed by atoms with van der Waals surface area (Å²) in [6.07, 6.45) is 0. The molecule has 0 aromatic heterocycles. The molecule has 19 heavy (non-hydrogen) atoms. The third-order valence-corrected chi connectivity index (χ3v) is 4.99. The third kappa shape index (κ3) is 4.99. The van der Waals surface area contributed by atoms with E-state index in [1.54, 1.807) is 7.11 Å². The molecule has 0 unspecified atom stereocenters. The second-order valence-electron chi connectivity index (χ2n) is 4.59. The largest absolute Gasteiger partial charge is 0.497 e. The lowest BCUT2D eigenvalue weighted by Gasteiger charge is -2.26. The molecule has 0 saturated carbocycles. The summed E-state index contributed by atoms with van der Waals surface area (Å²) in [4.78, 5) is 2.53. The maximum Gasteiger partial charge on any atom is 0.119 e. The van der Waals surface area contributed by atoms with E-state index in [9.17, 15) is 0 Å². The van der Waals surface area contributed by atoms with Crippen LogP contribution in [0.1, 0.15) is 5.56 Å². The molecule has 1 N–H and O–H groups in total. The molecule has 1 aromatic rings. The van der Waals surface area contributed by atoms with Gasteiger partial charge in [0.2, 0.25) is 0 Å². The van der Waals surface area contributed by atoms with Gasteiger partial charge in [-0.2, -0.15) is 11.8 Å². The zero-order chi connectivity index (χ0) is 13.5. The van der Waals surface area contributed by atoms with Gasteiger partial charge in [-0.1, -0.05) is 15.9 Å². The smallest absolute Gasteiger partial charge is 0.119 e. The fourth-order valence-electron chi connectivity index (χ4n) is 2.10. The van der Waals surface area contributed by atoms with E-state index in [2.05, 4.69) is 44.0 Å². The van der Waals surface area contributed by atoms with Gasteiger partial charge in [-0.05, 0) is 23.8 Å². The van der Waals surface area contributed by atoms with Gasteiger partial charge in [0, 0.05) is 48.7 Å². The standard InChI is InChI=1S/C14H21BrN2OS/c1-18-13-2-3-14(15)12(10-13)11-16-4-5-17-6-8-19-9-7-17/h2-3,10,16H,4-9,11H2,1H3. The predicted molar refractivity (Wildman–Crippen MR) is 86.2 cm³/mol. The first kappa shape index (κ1) is 15.2. The van der Waals surface area contributed by atoms with Gasteiger partial charge in [0.25, 0.3) is 0 Å². The van der Waals surface area contributed by atoms with Crippen LogP contribution < -0.4 is 10.1 Å². The molecule has 0 amide bonds. The summed E-state index contributed by atoms with van der Waals surface area (Å²) in [6.45, 7) is 5.52. The Labute approximate surface area is 128 Å². The van der Waals surface area contributed by atoms with Gasteiger partial charge in [-0.15, -0.1) is 0 Å². The molecule has 1 aliphatic rings. The van der Waals surface area contributed by atoms with E-state index >= 15 is 0 Å². The first-order valence-corrected chi connectivity index (χ1v) is 8.57. The van der Waals surface area contributed by atoms with E-state index in [0.29, 0.717) is 0 Å². The first-order valence-electron chi connectivity index (χ1n) is 6.63. The van der Waals surface area contributed by atoms with Crippen molar-refractivity contribution < 1.29 is 4.74 Å². The maximum atomic E-state index is 5.25. The number of ether oxygens (including phenoxy) is 1. The van der Waals surface area contributed by atoms with Crippen molar-refractivity contribution in [2.75, 3.05) is 44.8 Å². The molecule has 5 heteroatoms. The van der Waals surface area contributed by atoms with Crippen LogP contribution in [0.3, 0.4) is 0 Å². The summed E-state index contributed by atoms with van der Waals surface area (Å²) in [5, 5.41) is 3.51. The summed E-state index contributed by atoms with van der Waals surface area (Å²) in [7, 11) is 1.70. The van der Waals surface area contributed by atoms with Crippen LogP contribution in [-0.2, 0) is 6.54 Å². The summed E-state index contributed by atoms with van der Waals surface area (Å²) >= 11 is 5.64.